The standard InChI is InChI=1S/C17H25N5O7S/c1-4-9(2)10(3)11(23)6-30(25,26)27-5-12-28-16(17(24)29-12)22-8-21-13-14(18)19-7-20-15(13)22/h7-10,12,16-17,24H,4-6H2,1-3H3,(H2,18,19,20)/t9-,10-,12-,16+,17+/m0/s1. The molecule has 2 aromatic heterocycles. The number of nitrogen functional groups attached to an aromatic ring is 1. The fraction of sp³-hybridized carbons (Fsp3) is 0.647. The summed E-state index contributed by atoms with van der Waals surface area (Å²) in [6.07, 6.45) is -0.311. The minimum absolute atomic E-state index is 0.0629. The lowest BCUT2D eigenvalue weighted by molar-refractivity contribution is -0.128. The highest BCUT2D eigenvalue weighted by atomic mass is 32.2. The molecule has 30 heavy (non-hydrogen) atoms. The van der Waals surface area contributed by atoms with E-state index in [1.807, 2.05) is 13.8 Å². The van der Waals surface area contributed by atoms with Crippen LogP contribution in [0.25, 0.3) is 11.2 Å². The van der Waals surface area contributed by atoms with E-state index in [-0.39, 0.29) is 11.7 Å². The van der Waals surface area contributed by atoms with Gasteiger partial charge in [-0.2, -0.15) is 8.42 Å². The van der Waals surface area contributed by atoms with Crippen LogP contribution in [0.1, 0.15) is 33.4 Å². The molecule has 166 valence electrons. The number of hydrogen-bond acceptors (Lipinski definition) is 11. The smallest absolute Gasteiger partial charge is 0.274 e. The molecular formula is C17H25N5O7S. The molecular weight excluding hydrogens is 418 g/mol. The number of aromatic nitrogens is 4. The summed E-state index contributed by atoms with van der Waals surface area (Å²) < 4.78 is 41.4. The van der Waals surface area contributed by atoms with Crippen molar-refractivity contribution < 1.29 is 32.0 Å². The van der Waals surface area contributed by atoms with Crippen LogP contribution in [-0.4, -0.2) is 63.8 Å². The van der Waals surface area contributed by atoms with Crippen LogP contribution in [0.15, 0.2) is 12.7 Å². The highest BCUT2D eigenvalue weighted by Crippen LogP contribution is 2.30. The lowest BCUT2D eigenvalue weighted by Crippen LogP contribution is -2.29. The maximum absolute atomic E-state index is 12.2. The highest BCUT2D eigenvalue weighted by Gasteiger charge is 2.38. The third kappa shape index (κ3) is 4.75. The zero-order valence-electron chi connectivity index (χ0n) is 16.8. The number of ether oxygens (including phenoxy) is 2. The van der Waals surface area contributed by atoms with Gasteiger partial charge < -0.3 is 20.3 Å². The van der Waals surface area contributed by atoms with Crippen molar-refractivity contribution >= 4 is 32.9 Å². The van der Waals surface area contributed by atoms with E-state index in [4.69, 9.17) is 19.4 Å². The molecule has 1 fully saturated rings. The topological polar surface area (TPSA) is 169 Å². The fourth-order valence-electron chi connectivity index (χ4n) is 2.99. The molecule has 12 nitrogen and oxygen atoms in total. The largest absolute Gasteiger partial charge is 0.382 e. The fourth-order valence-corrected chi connectivity index (χ4v) is 4.01. The number of fused-ring (bicyclic) bond motifs is 1. The molecule has 3 heterocycles. The molecule has 1 saturated heterocycles. The van der Waals surface area contributed by atoms with Gasteiger partial charge in [-0.1, -0.05) is 27.2 Å². The van der Waals surface area contributed by atoms with Crippen molar-refractivity contribution in [3.8, 4) is 0 Å². The van der Waals surface area contributed by atoms with Crippen molar-refractivity contribution in [3.63, 3.8) is 0 Å². The van der Waals surface area contributed by atoms with Gasteiger partial charge in [0.15, 0.2) is 29.8 Å². The van der Waals surface area contributed by atoms with Crippen LogP contribution in [-0.2, 0) is 28.6 Å². The van der Waals surface area contributed by atoms with Gasteiger partial charge in [-0.3, -0.25) is 13.5 Å². The Kier molecular flexibility index (Phi) is 6.67. The van der Waals surface area contributed by atoms with Crippen LogP contribution < -0.4 is 5.73 Å². The maximum Gasteiger partial charge on any atom is 0.274 e. The molecule has 13 heteroatoms. The van der Waals surface area contributed by atoms with Crippen LogP contribution in [0.4, 0.5) is 5.82 Å². The average Bonchev–Trinajstić information content (AvgIpc) is 3.28. The Labute approximate surface area is 173 Å². The summed E-state index contributed by atoms with van der Waals surface area (Å²) in [6, 6.07) is 0. The molecule has 0 unspecified atom stereocenters. The third-order valence-electron chi connectivity index (χ3n) is 5.20. The molecule has 2 aromatic rings. The maximum atomic E-state index is 12.2. The molecule has 0 aromatic carbocycles. The number of aliphatic hydroxyl groups excluding tert-OH is 1. The van der Waals surface area contributed by atoms with Crippen LogP contribution in [0.2, 0.25) is 0 Å². The third-order valence-corrected chi connectivity index (χ3v) is 6.33. The molecule has 0 saturated carbocycles. The number of imidazole rings is 1. The number of carbonyl (C=O) groups excluding carboxylic acids is 1. The molecule has 0 radical (unpaired) electrons. The van der Waals surface area contributed by atoms with E-state index in [0.29, 0.717) is 11.2 Å². The number of aliphatic hydroxyl groups is 1. The molecule has 0 aliphatic carbocycles. The van der Waals surface area contributed by atoms with Gasteiger partial charge in [0.05, 0.1) is 6.33 Å². The van der Waals surface area contributed by atoms with Gasteiger partial charge in [-0.05, 0) is 5.92 Å². The number of anilines is 1. The number of nitrogens with two attached hydrogens (primary N) is 1. The van der Waals surface area contributed by atoms with Crippen LogP contribution in [0.5, 0.6) is 0 Å². The lowest BCUT2D eigenvalue weighted by Gasteiger charge is -2.17. The Morgan fingerprint density at radius 2 is 2.07 bits per heavy atom. The summed E-state index contributed by atoms with van der Waals surface area (Å²) >= 11 is 0. The van der Waals surface area contributed by atoms with Crippen molar-refractivity contribution in [2.75, 3.05) is 18.1 Å². The summed E-state index contributed by atoms with van der Waals surface area (Å²) in [7, 11) is -4.13. The van der Waals surface area contributed by atoms with E-state index in [1.165, 1.54) is 17.2 Å². The van der Waals surface area contributed by atoms with E-state index in [9.17, 15) is 18.3 Å². The second-order valence-corrected chi connectivity index (χ2v) is 8.83. The van der Waals surface area contributed by atoms with Gasteiger partial charge in [0, 0.05) is 5.92 Å². The Balaban J connectivity index is 1.61. The van der Waals surface area contributed by atoms with Crippen LogP contribution in [0.3, 0.4) is 0 Å². The lowest BCUT2D eigenvalue weighted by atomic mass is 9.91. The molecule has 3 N–H and O–H groups in total. The molecule has 0 spiro atoms. The Morgan fingerprint density at radius 1 is 1.33 bits per heavy atom. The number of hydrogen-bond donors (Lipinski definition) is 2. The minimum Gasteiger partial charge on any atom is -0.382 e. The average molecular weight is 443 g/mol. The van der Waals surface area contributed by atoms with Crippen molar-refractivity contribution in [1.29, 1.82) is 0 Å². The van der Waals surface area contributed by atoms with Gasteiger partial charge in [-0.25, -0.2) is 15.0 Å². The normalized spacial score (nSPS) is 24.2. The number of Topliss-reactive ketones (excluding diaryl/α,β-unsaturated/α-hetero) is 1. The first-order valence-electron chi connectivity index (χ1n) is 9.44. The monoisotopic (exact) mass is 443 g/mol. The van der Waals surface area contributed by atoms with Crippen LogP contribution >= 0.6 is 0 Å². The SMILES string of the molecule is CC[C@H](C)[C@H](C)C(=O)CS(=O)(=O)OC[C@@H]1O[C@@H](O)[C@H](n2cnc3c(N)ncnc32)O1. The predicted octanol–water partition coefficient (Wildman–Crippen LogP) is 0.196. The van der Waals surface area contributed by atoms with Gasteiger partial charge in [0.1, 0.15) is 24.2 Å². The van der Waals surface area contributed by atoms with Crippen molar-refractivity contribution in [2.45, 2.75) is 46.0 Å². The van der Waals surface area contributed by atoms with Gasteiger partial charge in [0.2, 0.25) is 6.29 Å². The van der Waals surface area contributed by atoms with Crippen molar-refractivity contribution in [2.24, 2.45) is 11.8 Å². The first-order chi connectivity index (χ1) is 14.1. The second kappa shape index (κ2) is 8.89. The van der Waals surface area contributed by atoms with E-state index < -0.39 is 53.0 Å². The molecule has 1 aliphatic rings. The zero-order chi connectivity index (χ0) is 22.1. The van der Waals surface area contributed by atoms with Gasteiger partial charge in [-0.15, -0.1) is 0 Å². The Morgan fingerprint density at radius 3 is 2.77 bits per heavy atom. The number of rotatable bonds is 9. The molecule has 5 atom stereocenters. The van der Waals surface area contributed by atoms with E-state index >= 15 is 0 Å². The second-order valence-electron chi connectivity index (χ2n) is 7.19. The summed E-state index contributed by atoms with van der Waals surface area (Å²) in [5.41, 5.74) is 6.38. The number of carbonyl (C=O) groups is 1. The molecule has 3 rings (SSSR count). The first kappa shape index (κ1) is 22.5. The quantitative estimate of drug-likeness (QED) is 0.507. The first-order valence-corrected chi connectivity index (χ1v) is 11.0. The Hall–Kier alpha value is -2.19. The molecule has 1 aliphatic heterocycles. The van der Waals surface area contributed by atoms with Crippen molar-refractivity contribution in [3.05, 3.63) is 12.7 Å². The highest BCUT2D eigenvalue weighted by molar-refractivity contribution is 7.87. The summed E-state index contributed by atoms with van der Waals surface area (Å²) in [4.78, 5) is 24.1. The van der Waals surface area contributed by atoms with Crippen molar-refractivity contribution in [1.82, 2.24) is 19.5 Å². The van der Waals surface area contributed by atoms with E-state index in [1.54, 1.807) is 6.92 Å². The predicted molar refractivity (Wildman–Crippen MR) is 104 cm³/mol. The summed E-state index contributed by atoms with van der Waals surface area (Å²) in [6.45, 7) is 4.99. The zero-order valence-corrected chi connectivity index (χ0v) is 17.7. The van der Waals surface area contributed by atoms with Crippen LogP contribution in [0, 0.1) is 11.8 Å². The van der Waals surface area contributed by atoms with E-state index in [0.717, 1.165) is 6.42 Å². The molecule has 0 bridgehead atoms. The van der Waals surface area contributed by atoms with Gasteiger partial charge in [0.25, 0.3) is 10.1 Å². The van der Waals surface area contributed by atoms with Gasteiger partial charge >= 0.3 is 0 Å². The van der Waals surface area contributed by atoms with E-state index in [2.05, 4.69) is 15.0 Å². The molecule has 0 amide bonds. The minimum atomic E-state index is -4.13. The summed E-state index contributed by atoms with van der Waals surface area (Å²) in [5.74, 6) is -1.33. The Bertz CT molecular complexity index is 1010. The number of ketones is 1. The summed E-state index contributed by atoms with van der Waals surface area (Å²) in [5, 5.41) is 10.2. The number of nitrogens with zero attached hydrogens (tertiary/aromatic N) is 4.